The third-order valence-corrected chi connectivity index (χ3v) is 5.83. The molecule has 0 heterocycles. The second kappa shape index (κ2) is 6.95. The van der Waals surface area contributed by atoms with Gasteiger partial charge in [0.2, 0.25) is 0 Å². The van der Waals surface area contributed by atoms with Crippen LogP contribution in [0.4, 0.5) is 0 Å². The van der Waals surface area contributed by atoms with Crippen molar-refractivity contribution >= 4 is 12.2 Å². The Kier molecular flexibility index (Phi) is 4.59. The van der Waals surface area contributed by atoms with Crippen LogP contribution in [0.15, 0.2) is 48.5 Å². The molecule has 0 aliphatic heterocycles. The predicted octanol–water partition coefficient (Wildman–Crippen LogP) is 7.92. The molecule has 4 rings (SSSR count). The highest BCUT2D eigenvalue weighted by Crippen LogP contribution is 2.37. The molecule has 0 bridgehead atoms. The van der Waals surface area contributed by atoms with Gasteiger partial charge in [0.05, 0.1) is 0 Å². The van der Waals surface area contributed by atoms with Crippen LogP contribution >= 0.6 is 0 Å². The van der Waals surface area contributed by atoms with E-state index in [-0.39, 0.29) is 0 Å². The Morgan fingerprint density at radius 2 is 0.821 bits per heavy atom. The summed E-state index contributed by atoms with van der Waals surface area (Å²) in [5.41, 5.74) is 16.0. The number of hydrogen-bond acceptors (Lipinski definition) is 0. The Morgan fingerprint density at radius 3 is 1.21 bits per heavy atom. The highest BCUT2D eigenvalue weighted by atomic mass is 14.2. The summed E-state index contributed by atoms with van der Waals surface area (Å²) in [5, 5.41) is 0. The minimum atomic E-state index is 1.30. The number of hydrogen-bond donors (Lipinski definition) is 0. The molecule has 4 aliphatic rings. The van der Waals surface area contributed by atoms with Crippen LogP contribution in [-0.2, 0) is 0 Å². The van der Waals surface area contributed by atoms with Gasteiger partial charge in [0.1, 0.15) is 0 Å². The molecule has 0 radical (unpaired) electrons. The summed E-state index contributed by atoms with van der Waals surface area (Å²) >= 11 is 0. The molecule has 4 aliphatic carbocycles. The Morgan fingerprint density at radius 1 is 0.464 bits per heavy atom. The molecular formula is C28H28. The van der Waals surface area contributed by atoms with Crippen molar-refractivity contribution in [1.82, 2.24) is 0 Å². The maximum absolute atomic E-state index is 2.29. The second-order valence-corrected chi connectivity index (χ2v) is 8.29. The minimum Gasteiger partial charge on any atom is -0.0558 e. The lowest BCUT2D eigenvalue weighted by molar-refractivity contribution is 1.42. The van der Waals surface area contributed by atoms with Crippen molar-refractivity contribution in [3.63, 3.8) is 0 Å². The molecule has 0 unspecified atom stereocenters. The Balaban J connectivity index is 1.83. The fourth-order valence-corrected chi connectivity index (χ4v) is 4.73. The van der Waals surface area contributed by atoms with Gasteiger partial charge < -0.3 is 0 Å². The molecule has 28 heavy (non-hydrogen) atoms. The first kappa shape index (κ1) is 18.5. The highest BCUT2D eigenvalue weighted by molar-refractivity contribution is 5.90. The van der Waals surface area contributed by atoms with Crippen molar-refractivity contribution in [1.29, 1.82) is 0 Å². The quantitative estimate of drug-likeness (QED) is 0.339. The van der Waals surface area contributed by atoms with Crippen LogP contribution in [0.1, 0.15) is 44.5 Å². The topological polar surface area (TPSA) is 0 Å². The first-order valence-corrected chi connectivity index (χ1v) is 10.0. The van der Waals surface area contributed by atoms with E-state index in [0.29, 0.717) is 0 Å². The van der Waals surface area contributed by atoms with Crippen LogP contribution in [0.3, 0.4) is 0 Å². The monoisotopic (exact) mass is 364 g/mol. The van der Waals surface area contributed by atoms with E-state index in [1.165, 1.54) is 66.8 Å². The lowest BCUT2D eigenvalue weighted by Crippen LogP contribution is -1.82. The van der Waals surface area contributed by atoms with Crippen LogP contribution in [0.25, 0.3) is 34.4 Å². The smallest absolute Gasteiger partial charge is 0.00794 e. The first-order valence-electron chi connectivity index (χ1n) is 10.0. The van der Waals surface area contributed by atoms with Crippen LogP contribution in [0.2, 0.25) is 0 Å². The predicted molar refractivity (Wildman–Crippen MR) is 123 cm³/mol. The molecule has 0 spiro atoms. The van der Waals surface area contributed by atoms with Gasteiger partial charge in [0, 0.05) is 0 Å². The lowest BCUT2D eigenvalue weighted by Gasteiger charge is -2.05. The summed E-state index contributed by atoms with van der Waals surface area (Å²) in [5.74, 6) is 0. The molecule has 0 aromatic heterocycles. The molecule has 0 saturated carbocycles. The van der Waals surface area contributed by atoms with Gasteiger partial charge in [-0.05, 0) is 97.2 Å². The molecule has 0 nitrogen and oxygen atoms in total. The van der Waals surface area contributed by atoms with E-state index in [1.54, 1.807) is 0 Å². The van der Waals surface area contributed by atoms with E-state index in [4.69, 9.17) is 0 Å². The van der Waals surface area contributed by atoms with Gasteiger partial charge in [-0.3, -0.25) is 0 Å². The summed E-state index contributed by atoms with van der Waals surface area (Å²) in [6.07, 6.45) is 4.57. The third-order valence-electron chi connectivity index (χ3n) is 5.83. The maximum atomic E-state index is 2.29. The maximum Gasteiger partial charge on any atom is -0.00794 e. The molecule has 140 valence electrons. The van der Waals surface area contributed by atoms with Crippen molar-refractivity contribution in [3.05, 3.63) is 93.0 Å². The molecule has 0 N–H and O–H groups in total. The largest absolute Gasteiger partial charge is 0.0558 e. The van der Waals surface area contributed by atoms with E-state index in [0.717, 1.165) is 0 Å². The second-order valence-electron chi connectivity index (χ2n) is 8.29. The van der Waals surface area contributed by atoms with E-state index in [9.17, 15) is 0 Å². The lowest BCUT2D eigenvalue weighted by atomic mass is 9.99. The van der Waals surface area contributed by atoms with Gasteiger partial charge in [0.15, 0.2) is 0 Å². The van der Waals surface area contributed by atoms with Gasteiger partial charge in [-0.25, -0.2) is 0 Å². The van der Waals surface area contributed by atoms with Crippen LogP contribution in [-0.4, -0.2) is 0 Å². The fourth-order valence-electron chi connectivity index (χ4n) is 4.73. The zero-order valence-corrected chi connectivity index (χ0v) is 17.8. The van der Waals surface area contributed by atoms with E-state index in [1.807, 2.05) is 0 Å². The third kappa shape index (κ3) is 3.14. The van der Waals surface area contributed by atoms with Crippen LogP contribution < -0.4 is 0 Å². The number of rotatable bonds is 2. The normalized spacial score (nSPS) is 11.8. The number of aryl methyl sites for hydroxylation is 6. The molecule has 0 atom stereocenters. The molecule has 0 fully saturated rings. The molecule has 0 amide bonds. The first-order chi connectivity index (χ1) is 13.3. The molecule has 0 aromatic carbocycles. The zero-order chi connectivity index (χ0) is 20.0. The molecule has 0 heteroatoms. The van der Waals surface area contributed by atoms with E-state index in [2.05, 4.69) is 102 Å². The van der Waals surface area contributed by atoms with Gasteiger partial charge in [-0.15, -0.1) is 0 Å². The van der Waals surface area contributed by atoms with Crippen molar-refractivity contribution in [2.24, 2.45) is 0 Å². The van der Waals surface area contributed by atoms with Crippen LogP contribution in [0, 0.1) is 41.5 Å². The summed E-state index contributed by atoms with van der Waals surface area (Å²) in [7, 11) is 0. The molecular weight excluding hydrogens is 336 g/mol. The van der Waals surface area contributed by atoms with Gasteiger partial charge in [-0.2, -0.15) is 0 Å². The van der Waals surface area contributed by atoms with Crippen molar-refractivity contribution in [2.45, 2.75) is 41.5 Å². The Labute approximate surface area is 169 Å². The Hall–Kier alpha value is -2.86. The van der Waals surface area contributed by atoms with Crippen molar-refractivity contribution < 1.29 is 0 Å². The van der Waals surface area contributed by atoms with E-state index >= 15 is 0 Å². The standard InChI is InChI=1S/C28H28/c1-17-13-19(3)25-11-9-23(27(25)21(5)15-17)7-8-24-10-12-26-20(4)14-18(2)16-22(6)28(24)26/h7-16H,1-6H3/b8-7+. The zero-order valence-electron chi connectivity index (χ0n) is 17.8. The van der Waals surface area contributed by atoms with Crippen LogP contribution in [0.5, 0.6) is 0 Å². The highest BCUT2D eigenvalue weighted by Gasteiger charge is 2.14. The summed E-state index contributed by atoms with van der Waals surface area (Å²) < 4.78 is 0. The molecule has 0 saturated heterocycles. The fraction of sp³-hybridized carbons (Fsp3) is 0.214. The SMILES string of the molecule is Cc1cc(C)c2ccc(/C=C/c3ccc4c(C)cc(C)cc(C)c3-4)c-2c(C)c1. The summed E-state index contributed by atoms with van der Waals surface area (Å²) in [6.45, 7) is 13.2. The molecule has 0 aromatic rings. The average molecular weight is 365 g/mol. The van der Waals surface area contributed by atoms with Crippen molar-refractivity contribution in [3.8, 4) is 22.3 Å². The van der Waals surface area contributed by atoms with Crippen molar-refractivity contribution in [2.75, 3.05) is 0 Å². The van der Waals surface area contributed by atoms with Gasteiger partial charge in [-0.1, -0.05) is 71.8 Å². The van der Waals surface area contributed by atoms with Gasteiger partial charge >= 0.3 is 0 Å². The van der Waals surface area contributed by atoms with E-state index < -0.39 is 0 Å². The average Bonchev–Trinajstić information content (AvgIpc) is 3.18. The number of fused-ring (bicyclic) bond motifs is 2. The summed E-state index contributed by atoms with van der Waals surface area (Å²) in [4.78, 5) is 0. The summed E-state index contributed by atoms with van der Waals surface area (Å²) in [6, 6.07) is 18.2. The Bertz CT molecular complexity index is 1060. The minimum absolute atomic E-state index is 1.30. The van der Waals surface area contributed by atoms with Gasteiger partial charge in [0.25, 0.3) is 0 Å².